The van der Waals surface area contributed by atoms with E-state index in [-0.39, 0.29) is 17.9 Å². The van der Waals surface area contributed by atoms with Gasteiger partial charge in [-0.05, 0) is 61.8 Å². The number of fused-ring (bicyclic) bond motifs is 1. The predicted octanol–water partition coefficient (Wildman–Crippen LogP) is 5.13. The number of carbonyl (C=O) groups is 2. The lowest BCUT2D eigenvalue weighted by Crippen LogP contribution is -2.45. The van der Waals surface area contributed by atoms with Gasteiger partial charge < -0.3 is 19.3 Å². The Kier molecular flexibility index (Phi) is 10.8. The van der Waals surface area contributed by atoms with E-state index in [1.165, 1.54) is 0 Å². The first-order valence-electron chi connectivity index (χ1n) is 13.2. The maximum Gasteiger partial charge on any atom is 0.257 e. The van der Waals surface area contributed by atoms with E-state index in [1.54, 1.807) is 7.11 Å². The first kappa shape index (κ1) is 27.7. The Balaban J connectivity index is 1.88. The highest BCUT2D eigenvalue weighted by Crippen LogP contribution is 2.24. The van der Waals surface area contributed by atoms with Crippen LogP contribution < -0.4 is 4.74 Å². The van der Waals surface area contributed by atoms with Gasteiger partial charge in [-0.1, -0.05) is 50.2 Å². The van der Waals surface area contributed by atoms with Crippen molar-refractivity contribution in [3.63, 3.8) is 0 Å². The molecule has 0 aromatic heterocycles. The van der Waals surface area contributed by atoms with Crippen LogP contribution in [0.5, 0.6) is 5.75 Å². The molecule has 6 heteroatoms. The van der Waals surface area contributed by atoms with E-state index < -0.39 is 0 Å². The summed E-state index contributed by atoms with van der Waals surface area (Å²) in [7, 11) is 1.65. The van der Waals surface area contributed by atoms with Crippen LogP contribution in [-0.2, 0) is 16.0 Å². The third-order valence-corrected chi connectivity index (χ3v) is 6.84. The van der Waals surface area contributed by atoms with Crippen LogP contribution in [0.15, 0.2) is 48.5 Å². The summed E-state index contributed by atoms with van der Waals surface area (Å²) in [4.78, 5) is 31.0. The Morgan fingerprint density at radius 3 is 2.53 bits per heavy atom. The molecule has 6 nitrogen and oxygen atoms in total. The molecule has 0 spiro atoms. The number of hydrogen-bond acceptors (Lipinski definition) is 4. The number of aryl methyl sites for hydroxylation is 1. The number of methoxy groups -OCH3 is 1. The van der Waals surface area contributed by atoms with E-state index >= 15 is 0 Å². The lowest BCUT2D eigenvalue weighted by Gasteiger charge is -2.33. The molecule has 0 unspecified atom stereocenters. The molecule has 0 saturated heterocycles. The summed E-state index contributed by atoms with van der Waals surface area (Å²) in [5.41, 5.74) is 2.77. The second-order valence-electron chi connectivity index (χ2n) is 10.1. The quantitative estimate of drug-likeness (QED) is 0.535. The molecule has 36 heavy (non-hydrogen) atoms. The van der Waals surface area contributed by atoms with Crippen molar-refractivity contribution in [3.8, 4) is 5.75 Å². The highest BCUT2D eigenvalue weighted by molar-refractivity contribution is 5.97. The number of carbonyl (C=O) groups excluding carboxylic acids is 2. The van der Waals surface area contributed by atoms with Gasteiger partial charge >= 0.3 is 0 Å². The summed E-state index contributed by atoms with van der Waals surface area (Å²) in [6.45, 7) is 9.16. The number of ether oxygens (including phenoxy) is 2. The molecule has 0 N–H and O–H groups in total. The zero-order chi connectivity index (χ0) is 25.9. The number of benzene rings is 2. The first-order valence-corrected chi connectivity index (χ1v) is 13.2. The number of amides is 2. The van der Waals surface area contributed by atoms with Gasteiger partial charge in [-0.3, -0.25) is 9.59 Å². The molecule has 1 aliphatic rings. The normalized spacial score (nSPS) is 17.6. The lowest BCUT2D eigenvalue weighted by molar-refractivity contribution is -0.134. The Morgan fingerprint density at radius 1 is 1.06 bits per heavy atom. The van der Waals surface area contributed by atoms with Gasteiger partial charge in [-0.2, -0.15) is 0 Å². The molecule has 1 atom stereocenters. The van der Waals surface area contributed by atoms with Crippen molar-refractivity contribution < 1.29 is 19.1 Å². The molecular weight excluding hydrogens is 452 g/mol. The fraction of sp³-hybridized carbons (Fsp3) is 0.533. The second-order valence-corrected chi connectivity index (χ2v) is 10.1. The van der Waals surface area contributed by atoms with Crippen molar-refractivity contribution in [1.82, 2.24) is 9.80 Å². The maximum absolute atomic E-state index is 13.7. The van der Waals surface area contributed by atoms with E-state index in [9.17, 15) is 9.59 Å². The van der Waals surface area contributed by atoms with E-state index in [2.05, 4.69) is 26.8 Å². The monoisotopic (exact) mass is 494 g/mol. The van der Waals surface area contributed by atoms with Crippen molar-refractivity contribution in [1.29, 1.82) is 0 Å². The molecule has 196 valence electrons. The largest absolute Gasteiger partial charge is 0.491 e. The third kappa shape index (κ3) is 7.82. The minimum atomic E-state index is -0.0602. The lowest BCUT2D eigenvalue weighted by atomic mass is 10.00. The fourth-order valence-corrected chi connectivity index (χ4v) is 4.82. The van der Waals surface area contributed by atoms with Gasteiger partial charge in [0.05, 0.1) is 24.6 Å². The van der Waals surface area contributed by atoms with Crippen LogP contribution in [0.25, 0.3) is 0 Å². The Bertz CT molecular complexity index is 990. The van der Waals surface area contributed by atoms with E-state index in [0.717, 1.165) is 36.8 Å². The maximum atomic E-state index is 13.7. The average molecular weight is 495 g/mol. The Labute approximate surface area is 216 Å². The van der Waals surface area contributed by atoms with E-state index in [0.29, 0.717) is 56.5 Å². The Hall–Kier alpha value is -2.86. The molecular formula is C30H42N2O4. The van der Waals surface area contributed by atoms with Crippen LogP contribution in [0.2, 0.25) is 0 Å². The minimum absolute atomic E-state index is 0.0326. The zero-order valence-corrected chi connectivity index (χ0v) is 22.4. The summed E-state index contributed by atoms with van der Waals surface area (Å²) in [5, 5.41) is 0. The van der Waals surface area contributed by atoms with Crippen molar-refractivity contribution in [2.45, 2.75) is 58.9 Å². The molecule has 2 aromatic carbocycles. The topological polar surface area (TPSA) is 59.1 Å². The van der Waals surface area contributed by atoms with E-state index in [1.807, 2.05) is 52.3 Å². The molecule has 0 aliphatic carbocycles. The van der Waals surface area contributed by atoms with Gasteiger partial charge in [0, 0.05) is 26.7 Å². The summed E-state index contributed by atoms with van der Waals surface area (Å²) in [6.07, 6.45) is 3.96. The molecule has 0 fully saturated rings. The summed E-state index contributed by atoms with van der Waals surface area (Å²) >= 11 is 0. The molecule has 0 saturated carbocycles. The van der Waals surface area contributed by atoms with Crippen LogP contribution >= 0.6 is 0 Å². The van der Waals surface area contributed by atoms with Gasteiger partial charge in [-0.15, -0.1) is 0 Å². The highest BCUT2D eigenvalue weighted by Gasteiger charge is 2.27. The highest BCUT2D eigenvalue weighted by atomic mass is 16.5. The van der Waals surface area contributed by atoms with Gasteiger partial charge in [-0.25, -0.2) is 0 Å². The number of hydrogen-bond donors (Lipinski definition) is 0. The van der Waals surface area contributed by atoms with Crippen molar-refractivity contribution in [3.05, 3.63) is 65.2 Å². The fourth-order valence-electron chi connectivity index (χ4n) is 4.82. The molecule has 1 aliphatic heterocycles. The average Bonchev–Trinajstić information content (AvgIpc) is 2.87. The molecule has 3 rings (SSSR count). The van der Waals surface area contributed by atoms with Crippen LogP contribution in [0, 0.1) is 12.8 Å². The van der Waals surface area contributed by atoms with Crippen LogP contribution in [0.3, 0.4) is 0 Å². The molecule has 0 bridgehead atoms. The minimum Gasteiger partial charge on any atom is -0.491 e. The van der Waals surface area contributed by atoms with Gasteiger partial charge in [0.25, 0.3) is 5.91 Å². The zero-order valence-electron chi connectivity index (χ0n) is 22.4. The molecule has 2 aromatic rings. The third-order valence-electron chi connectivity index (χ3n) is 6.84. The molecule has 0 radical (unpaired) electrons. The smallest absolute Gasteiger partial charge is 0.257 e. The van der Waals surface area contributed by atoms with Gasteiger partial charge in [0.1, 0.15) is 12.4 Å². The predicted molar refractivity (Wildman–Crippen MR) is 143 cm³/mol. The van der Waals surface area contributed by atoms with Crippen molar-refractivity contribution in [2.75, 3.05) is 40.0 Å². The SMILES string of the molecule is COCCN1CCCCCN(C(=O)Cc2ccccc2C)[C@@H](CC(C)C)COc2ccccc2C1=O. The first-order chi connectivity index (χ1) is 17.4. The number of rotatable bonds is 7. The number of para-hydroxylation sites is 1. The molecule has 2 amide bonds. The van der Waals surface area contributed by atoms with Crippen LogP contribution in [-0.4, -0.2) is 67.6 Å². The van der Waals surface area contributed by atoms with Crippen molar-refractivity contribution in [2.24, 2.45) is 5.92 Å². The molecule has 1 heterocycles. The van der Waals surface area contributed by atoms with Crippen molar-refractivity contribution >= 4 is 11.8 Å². The van der Waals surface area contributed by atoms with E-state index in [4.69, 9.17) is 9.47 Å². The van der Waals surface area contributed by atoms with Gasteiger partial charge in [0.15, 0.2) is 0 Å². The van der Waals surface area contributed by atoms with Crippen LogP contribution in [0.1, 0.15) is 61.0 Å². The Morgan fingerprint density at radius 2 is 1.78 bits per heavy atom. The number of nitrogens with zero attached hydrogens (tertiary/aromatic N) is 2. The summed E-state index contributed by atoms with van der Waals surface area (Å²) in [6, 6.07) is 15.5. The second kappa shape index (κ2) is 14.0. The summed E-state index contributed by atoms with van der Waals surface area (Å²) < 4.78 is 11.6. The standard InChI is InChI=1S/C30H42N2O4/c1-23(2)20-26-22-36-28-15-9-8-14-27(28)30(34)31(18-19-35-4)16-10-5-11-17-32(26)29(33)21-25-13-7-6-12-24(25)3/h6-9,12-15,23,26H,5,10-11,16-22H2,1-4H3/t26-/m0/s1. The van der Waals surface area contributed by atoms with Crippen LogP contribution in [0.4, 0.5) is 0 Å². The van der Waals surface area contributed by atoms with Gasteiger partial charge in [0.2, 0.25) is 5.91 Å². The summed E-state index contributed by atoms with van der Waals surface area (Å²) in [5.74, 6) is 1.09.